The van der Waals surface area contributed by atoms with Crippen LogP contribution in [0.15, 0.2) is 66.7 Å². The van der Waals surface area contributed by atoms with Crippen LogP contribution in [0.5, 0.6) is 5.75 Å². The number of alkyl halides is 3. The molecule has 2 amide bonds. The van der Waals surface area contributed by atoms with Crippen molar-refractivity contribution in [1.29, 1.82) is 0 Å². The van der Waals surface area contributed by atoms with Crippen molar-refractivity contribution in [2.45, 2.75) is 88.1 Å². The molecule has 8 nitrogen and oxygen atoms in total. The van der Waals surface area contributed by atoms with E-state index in [1.807, 2.05) is 22.9 Å². The molecule has 278 valence electrons. The Kier molecular flexibility index (Phi) is 8.49. The lowest BCUT2D eigenvalue weighted by molar-refractivity contribution is -0.161. The fourth-order valence-corrected chi connectivity index (χ4v) is 10.7. The maximum absolute atomic E-state index is 15.1. The zero-order valence-electron chi connectivity index (χ0n) is 29.7. The highest BCUT2D eigenvalue weighted by molar-refractivity contribution is 7.83. The molecule has 0 radical (unpaired) electrons. The van der Waals surface area contributed by atoms with Crippen molar-refractivity contribution in [3.8, 4) is 17.0 Å². The number of hydrogen-bond donors (Lipinski definition) is 1. The molecular formula is C41H43F3N4O4S. The zero-order chi connectivity index (χ0) is 36.6. The lowest BCUT2D eigenvalue weighted by Gasteiger charge is -2.57. The van der Waals surface area contributed by atoms with Crippen molar-refractivity contribution in [2.75, 3.05) is 26.0 Å². The Labute approximate surface area is 309 Å². The lowest BCUT2D eigenvalue weighted by Crippen LogP contribution is -2.71. The maximum atomic E-state index is 15.1. The van der Waals surface area contributed by atoms with Crippen LogP contribution in [0.3, 0.4) is 0 Å². The van der Waals surface area contributed by atoms with Crippen molar-refractivity contribution in [1.82, 2.24) is 19.1 Å². The second-order valence-corrected chi connectivity index (χ2v) is 16.9. The van der Waals surface area contributed by atoms with Crippen LogP contribution in [0, 0.1) is 5.41 Å². The predicted molar refractivity (Wildman–Crippen MR) is 197 cm³/mol. The smallest absolute Gasteiger partial charge is 0.402 e. The molecule has 10 rings (SSSR count). The predicted octanol–water partition coefficient (Wildman–Crippen LogP) is 7.29. The molecule has 53 heavy (non-hydrogen) atoms. The number of amides is 2. The Morgan fingerprint density at radius 1 is 0.981 bits per heavy atom. The molecule has 0 spiro atoms. The van der Waals surface area contributed by atoms with Gasteiger partial charge in [0.25, 0.3) is 5.91 Å². The summed E-state index contributed by atoms with van der Waals surface area (Å²) in [6, 6.07) is 22.1. The average Bonchev–Trinajstić information content (AvgIpc) is 3.81. The molecule has 3 saturated heterocycles. The number of carbonyl (C=O) groups is 2. The van der Waals surface area contributed by atoms with E-state index in [4.69, 9.17) is 4.74 Å². The summed E-state index contributed by atoms with van der Waals surface area (Å²) in [6.07, 6.45) is 2.48. The highest BCUT2D eigenvalue weighted by atomic mass is 32.2. The van der Waals surface area contributed by atoms with E-state index in [-0.39, 0.29) is 35.4 Å². The third kappa shape index (κ3) is 6.06. The van der Waals surface area contributed by atoms with Crippen LogP contribution in [0.2, 0.25) is 0 Å². The Hall–Kier alpha value is -4.16. The number of methoxy groups -OCH3 is 1. The molecule has 1 N–H and O–H groups in total. The minimum atomic E-state index is -4.68. The minimum absolute atomic E-state index is 0.00715. The van der Waals surface area contributed by atoms with E-state index >= 15 is 4.79 Å². The SMILES string of the molecule is COc1ccc2c(c1)C1CC1(C(=O)N1C3CC1CN(Cc1ccccc1)C3)Cn1c-2c(C2CCCCC2)c2ccc(C(=O)NS(=O)CC(F)(F)F)cc21. The number of nitrogens with one attached hydrogen (secondary N) is 1. The summed E-state index contributed by atoms with van der Waals surface area (Å²) < 4.78 is 61.1. The first-order chi connectivity index (χ1) is 25.5. The fraction of sp³-hybridized carbons (Fsp3) is 0.463. The molecule has 5 fully saturated rings. The van der Waals surface area contributed by atoms with Gasteiger partial charge in [-0.2, -0.15) is 13.2 Å². The van der Waals surface area contributed by atoms with Crippen LogP contribution in [-0.4, -0.2) is 74.6 Å². The van der Waals surface area contributed by atoms with Crippen molar-refractivity contribution in [3.63, 3.8) is 0 Å². The van der Waals surface area contributed by atoms with Crippen molar-refractivity contribution in [2.24, 2.45) is 5.41 Å². The van der Waals surface area contributed by atoms with Crippen molar-refractivity contribution in [3.05, 3.63) is 89.0 Å². The number of rotatable bonds is 8. The van der Waals surface area contributed by atoms with Crippen LogP contribution in [0.1, 0.15) is 83.8 Å². The van der Waals surface area contributed by atoms with Gasteiger partial charge < -0.3 is 14.2 Å². The van der Waals surface area contributed by atoms with Gasteiger partial charge in [0.2, 0.25) is 5.91 Å². The van der Waals surface area contributed by atoms with Gasteiger partial charge in [-0.1, -0.05) is 55.7 Å². The molecule has 5 heterocycles. The normalized spacial score (nSPS) is 25.7. The van der Waals surface area contributed by atoms with Crippen molar-refractivity contribution < 1.29 is 31.7 Å². The molecule has 12 heteroatoms. The molecule has 2 saturated carbocycles. The van der Waals surface area contributed by atoms with Gasteiger partial charge in [-0.25, -0.2) is 4.21 Å². The van der Waals surface area contributed by atoms with E-state index in [2.05, 4.69) is 50.8 Å². The molecule has 2 aliphatic carbocycles. The summed E-state index contributed by atoms with van der Waals surface area (Å²) in [5.41, 5.74) is 5.92. The first kappa shape index (κ1) is 34.6. The van der Waals surface area contributed by atoms with Crippen LogP contribution in [0.25, 0.3) is 22.2 Å². The number of aromatic nitrogens is 1. The number of hydrogen-bond acceptors (Lipinski definition) is 5. The van der Waals surface area contributed by atoms with E-state index in [9.17, 15) is 22.2 Å². The zero-order valence-corrected chi connectivity index (χ0v) is 30.5. The number of halogens is 3. The monoisotopic (exact) mass is 744 g/mol. The Morgan fingerprint density at radius 3 is 2.45 bits per heavy atom. The van der Waals surface area contributed by atoms with Crippen LogP contribution >= 0.6 is 0 Å². The second kappa shape index (κ2) is 13.0. The number of fused-ring (bicyclic) bond motifs is 9. The summed E-state index contributed by atoms with van der Waals surface area (Å²) in [7, 11) is -0.958. The largest absolute Gasteiger partial charge is 0.497 e. The Morgan fingerprint density at radius 2 is 1.74 bits per heavy atom. The van der Waals surface area contributed by atoms with Gasteiger partial charge >= 0.3 is 6.18 Å². The molecule has 1 aromatic heterocycles. The molecular weight excluding hydrogens is 702 g/mol. The Bertz CT molecular complexity index is 2120. The van der Waals surface area contributed by atoms with E-state index in [1.165, 1.54) is 17.5 Å². The first-order valence-corrected chi connectivity index (χ1v) is 20.0. The second-order valence-electron chi connectivity index (χ2n) is 15.8. The van der Waals surface area contributed by atoms with Crippen LogP contribution in [-0.2, 0) is 28.9 Å². The van der Waals surface area contributed by atoms with E-state index in [0.717, 1.165) is 85.2 Å². The lowest BCUT2D eigenvalue weighted by atomic mass is 9.81. The minimum Gasteiger partial charge on any atom is -0.497 e. The third-order valence-corrected chi connectivity index (χ3v) is 13.5. The topological polar surface area (TPSA) is 83.9 Å². The highest BCUT2D eigenvalue weighted by Gasteiger charge is 2.66. The molecule has 4 aliphatic heterocycles. The van der Waals surface area contributed by atoms with Gasteiger partial charge in [0.05, 0.1) is 18.2 Å². The van der Waals surface area contributed by atoms with Gasteiger partial charge in [-0.15, -0.1) is 0 Å². The summed E-state index contributed by atoms with van der Waals surface area (Å²) in [5.74, 6) is -1.25. The van der Waals surface area contributed by atoms with Gasteiger partial charge in [0, 0.05) is 66.2 Å². The number of nitrogens with zero attached hydrogens (tertiary/aromatic N) is 3. The van der Waals surface area contributed by atoms with Crippen LogP contribution < -0.4 is 9.46 Å². The number of ether oxygens (including phenoxy) is 1. The van der Waals surface area contributed by atoms with Gasteiger partial charge in [0.1, 0.15) is 22.5 Å². The quantitative estimate of drug-likeness (QED) is 0.205. The molecule has 4 aromatic rings. The number of carbonyl (C=O) groups excluding carboxylic acids is 2. The highest BCUT2D eigenvalue weighted by Crippen LogP contribution is 2.67. The average molecular weight is 745 g/mol. The van der Waals surface area contributed by atoms with Gasteiger partial charge in [-0.3, -0.25) is 19.2 Å². The summed E-state index contributed by atoms with van der Waals surface area (Å²) in [4.78, 5) is 33.0. The summed E-state index contributed by atoms with van der Waals surface area (Å²) in [5, 5.41) is 0.987. The summed E-state index contributed by atoms with van der Waals surface area (Å²) >= 11 is 0. The van der Waals surface area contributed by atoms with Crippen molar-refractivity contribution >= 4 is 33.7 Å². The molecule has 3 aromatic carbocycles. The number of piperidine rings is 1. The van der Waals surface area contributed by atoms with E-state index in [1.54, 1.807) is 19.2 Å². The van der Waals surface area contributed by atoms with E-state index < -0.39 is 34.2 Å². The first-order valence-electron chi connectivity index (χ1n) is 18.7. The maximum Gasteiger partial charge on any atom is 0.402 e. The van der Waals surface area contributed by atoms with Crippen LogP contribution in [0.4, 0.5) is 13.2 Å². The molecule has 5 atom stereocenters. The fourth-order valence-electron chi connectivity index (χ4n) is 10.0. The van der Waals surface area contributed by atoms with E-state index in [0.29, 0.717) is 13.0 Å². The third-order valence-electron chi connectivity index (χ3n) is 12.5. The Balaban J connectivity index is 1.12. The summed E-state index contributed by atoms with van der Waals surface area (Å²) in [6.45, 7) is 2.96. The van der Waals surface area contributed by atoms with Gasteiger partial charge in [-0.05, 0) is 78.6 Å². The molecule has 5 unspecified atom stereocenters. The molecule has 6 aliphatic rings. The van der Waals surface area contributed by atoms with Gasteiger partial charge in [0.15, 0.2) is 0 Å². The molecule has 2 bridgehead atoms. The number of benzene rings is 3. The standard InChI is InChI=1S/C41H43F3N4O4S/c1-52-30-13-15-31-33(18-30)34-19-40(34,39(50)48-28-17-29(48)22-46(21-28)20-25-8-4-2-5-9-25)23-47-35-16-27(38(49)45-53(51)24-41(42,43)44)12-14-32(35)36(37(31)47)26-10-6-3-7-11-26/h2,4-5,8-9,12-16,18,26,28-29,34H,3,6-7,10-11,17,19-24H2,1H3,(H,45,49). The number of piperazine rings is 1.